The number of hydrogen-bond acceptors (Lipinski definition) is 8. The smallest absolute Gasteiger partial charge is 0.340 e. The van der Waals surface area contributed by atoms with Crippen LogP contribution in [0.25, 0.3) is 0 Å². The lowest BCUT2D eigenvalue weighted by atomic mass is 10.1. The van der Waals surface area contributed by atoms with Crippen molar-refractivity contribution in [2.24, 2.45) is 0 Å². The topological polar surface area (TPSA) is 128 Å². The Labute approximate surface area is 226 Å². The van der Waals surface area contributed by atoms with Gasteiger partial charge in [0.1, 0.15) is 6.54 Å². The highest BCUT2D eigenvalue weighted by Gasteiger charge is 2.40. The molecule has 39 heavy (non-hydrogen) atoms. The molecule has 4 rings (SSSR count). The van der Waals surface area contributed by atoms with Gasteiger partial charge >= 0.3 is 5.97 Å². The molecular formula is C28H28N2O8S. The van der Waals surface area contributed by atoms with E-state index < -0.39 is 45.8 Å². The van der Waals surface area contributed by atoms with Crippen molar-refractivity contribution in [3.05, 3.63) is 77.9 Å². The van der Waals surface area contributed by atoms with Crippen LogP contribution in [0.1, 0.15) is 34.5 Å². The molecule has 204 valence electrons. The summed E-state index contributed by atoms with van der Waals surface area (Å²) in [6.45, 7) is 1.36. The van der Waals surface area contributed by atoms with Crippen LogP contribution in [0.4, 0.5) is 11.4 Å². The van der Waals surface area contributed by atoms with Gasteiger partial charge in [-0.2, -0.15) is 0 Å². The van der Waals surface area contributed by atoms with Gasteiger partial charge in [-0.1, -0.05) is 30.3 Å². The molecule has 10 nitrogen and oxygen atoms in total. The number of hydrogen-bond donors (Lipinski definition) is 1. The molecule has 0 bridgehead atoms. The van der Waals surface area contributed by atoms with Crippen molar-refractivity contribution in [1.29, 1.82) is 0 Å². The van der Waals surface area contributed by atoms with Crippen LogP contribution in [-0.4, -0.2) is 53.6 Å². The number of amides is 2. The van der Waals surface area contributed by atoms with Crippen molar-refractivity contribution in [1.82, 2.24) is 0 Å². The highest BCUT2D eigenvalue weighted by atomic mass is 32.2. The molecule has 2 amide bonds. The quantitative estimate of drug-likeness (QED) is 0.418. The van der Waals surface area contributed by atoms with Crippen molar-refractivity contribution in [3.63, 3.8) is 0 Å². The molecule has 3 aromatic carbocycles. The Morgan fingerprint density at radius 3 is 2.38 bits per heavy atom. The molecule has 1 unspecified atom stereocenters. The second kappa shape index (κ2) is 11.6. The lowest BCUT2D eigenvalue weighted by Gasteiger charge is -2.22. The summed E-state index contributed by atoms with van der Waals surface area (Å²) in [6.07, 6.45) is -0.404. The first-order valence-corrected chi connectivity index (χ1v) is 13.7. The first-order valence-electron chi connectivity index (χ1n) is 12.1. The molecule has 1 aliphatic rings. The van der Waals surface area contributed by atoms with E-state index in [1.807, 2.05) is 0 Å². The van der Waals surface area contributed by atoms with Gasteiger partial charge in [0, 0.05) is 6.42 Å². The molecule has 0 aliphatic carbocycles. The van der Waals surface area contributed by atoms with Crippen molar-refractivity contribution in [3.8, 4) is 11.5 Å². The first-order chi connectivity index (χ1) is 18.7. The van der Waals surface area contributed by atoms with Gasteiger partial charge in [-0.15, -0.1) is 0 Å². The number of carbonyl (C=O) groups excluding carboxylic acids is 3. The van der Waals surface area contributed by atoms with E-state index in [9.17, 15) is 22.8 Å². The molecule has 0 saturated heterocycles. The van der Waals surface area contributed by atoms with Crippen LogP contribution < -0.4 is 19.7 Å². The van der Waals surface area contributed by atoms with E-state index in [0.29, 0.717) is 17.1 Å². The van der Waals surface area contributed by atoms with Gasteiger partial charge in [0.05, 0.1) is 47.9 Å². The monoisotopic (exact) mass is 552 g/mol. The predicted octanol–water partition coefficient (Wildman–Crippen LogP) is 3.77. The molecule has 0 radical (unpaired) electrons. The van der Waals surface area contributed by atoms with Gasteiger partial charge in [0.25, 0.3) is 0 Å². The number of nitrogens with one attached hydrogen (secondary N) is 1. The van der Waals surface area contributed by atoms with Crippen LogP contribution in [0, 0.1) is 0 Å². The SMILES string of the molecule is CCOC(=O)c1ccccc1NC(=O)CN1C(=O)CC(c2ccc(OC)c(OC)c2)S(=O)(=O)c2ccccc21. The fraction of sp³-hybridized carbons (Fsp3) is 0.250. The second-order valence-electron chi connectivity index (χ2n) is 8.61. The molecule has 1 atom stereocenters. The van der Waals surface area contributed by atoms with E-state index in [2.05, 4.69) is 5.32 Å². The number of esters is 1. The molecule has 3 aromatic rings. The van der Waals surface area contributed by atoms with Crippen molar-refractivity contribution >= 4 is 39.0 Å². The lowest BCUT2D eigenvalue weighted by Crippen LogP contribution is -2.38. The number of anilines is 2. The largest absolute Gasteiger partial charge is 0.493 e. The maximum absolute atomic E-state index is 13.8. The molecule has 0 saturated carbocycles. The standard InChI is InChI=1S/C28H28N2O8S/c1-4-38-28(33)19-9-5-6-10-20(19)29-26(31)17-30-21-11-7-8-12-24(21)39(34,35)25(16-27(30)32)18-13-14-22(36-2)23(15-18)37-3/h5-15,25H,4,16-17H2,1-3H3,(H,29,31). The Balaban J connectivity index is 1.68. The Kier molecular flexibility index (Phi) is 8.20. The third-order valence-electron chi connectivity index (χ3n) is 6.28. The predicted molar refractivity (Wildman–Crippen MR) is 144 cm³/mol. The van der Waals surface area contributed by atoms with E-state index in [4.69, 9.17) is 14.2 Å². The zero-order valence-corrected chi connectivity index (χ0v) is 22.5. The van der Waals surface area contributed by atoms with Gasteiger partial charge in [0.15, 0.2) is 21.3 Å². The third-order valence-corrected chi connectivity index (χ3v) is 8.42. The zero-order valence-electron chi connectivity index (χ0n) is 21.7. The number of ether oxygens (including phenoxy) is 3. The normalized spacial score (nSPS) is 16.0. The van der Waals surface area contributed by atoms with Gasteiger partial charge in [-0.05, 0) is 48.9 Å². The minimum absolute atomic E-state index is 0.0737. The van der Waals surface area contributed by atoms with E-state index in [1.54, 1.807) is 49.4 Å². The summed E-state index contributed by atoms with van der Waals surface area (Å²) in [5, 5.41) is 1.43. The molecule has 1 heterocycles. The minimum Gasteiger partial charge on any atom is -0.493 e. The van der Waals surface area contributed by atoms with E-state index in [-0.39, 0.29) is 28.4 Å². The number of benzene rings is 3. The summed E-state index contributed by atoms with van der Waals surface area (Å²) in [5.74, 6) is -1.03. The van der Waals surface area contributed by atoms with Crippen LogP contribution >= 0.6 is 0 Å². The lowest BCUT2D eigenvalue weighted by molar-refractivity contribution is -0.121. The van der Waals surface area contributed by atoms with E-state index in [0.717, 1.165) is 4.90 Å². The van der Waals surface area contributed by atoms with Crippen molar-refractivity contribution < 1.29 is 37.0 Å². The summed E-state index contributed by atoms with van der Waals surface area (Å²) in [6, 6.07) is 17.1. The highest BCUT2D eigenvalue weighted by Crippen LogP contribution is 2.42. The molecule has 11 heteroatoms. The Morgan fingerprint density at radius 1 is 0.974 bits per heavy atom. The zero-order chi connectivity index (χ0) is 28.2. The number of para-hydroxylation sites is 2. The first kappa shape index (κ1) is 27.6. The van der Waals surface area contributed by atoms with Gasteiger partial charge in [-0.3, -0.25) is 9.59 Å². The van der Waals surface area contributed by atoms with Crippen LogP contribution in [-0.2, 0) is 24.2 Å². The van der Waals surface area contributed by atoms with E-state index >= 15 is 0 Å². The summed E-state index contributed by atoms with van der Waals surface area (Å²) in [4.78, 5) is 40.0. The van der Waals surface area contributed by atoms with Crippen LogP contribution in [0.15, 0.2) is 71.6 Å². The summed E-state index contributed by atoms with van der Waals surface area (Å²) in [7, 11) is -1.15. The Bertz CT molecular complexity index is 1520. The number of methoxy groups -OCH3 is 2. The number of sulfone groups is 1. The summed E-state index contributed by atoms with van der Waals surface area (Å²) >= 11 is 0. The molecular weight excluding hydrogens is 524 g/mol. The fourth-order valence-electron chi connectivity index (χ4n) is 4.42. The van der Waals surface area contributed by atoms with Gasteiger partial charge in [-0.25, -0.2) is 13.2 Å². The van der Waals surface area contributed by atoms with Crippen LogP contribution in [0.5, 0.6) is 11.5 Å². The number of carbonyl (C=O) groups is 3. The van der Waals surface area contributed by atoms with Crippen LogP contribution in [0.3, 0.4) is 0 Å². The molecule has 0 spiro atoms. The second-order valence-corrected chi connectivity index (χ2v) is 10.7. The van der Waals surface area contributed by atoms with Crippen molar-refractivity contribution in [2.45, 2.75) is 23.5 Å². The Morgan fingerprint density at radius 2 is 1.67 bits per heavy atom. The minimum atomic E-state index is -4.05. The maximum Gasteiger partial charge on any atom is 0.340 e. The highest BCUT2D eigenvalue weighted by molar-refractivity contribution is 7.92. The van der Waals surface area contributed by atoms with Gasteiger partial charge in [0.2, 0.25) is 11.8 Å². The molecule has 0 fully saturated rings. The third kappa shape index (κ3) is 5.58. The fourth-order valence-corrected chi connectivity index (χ4v) is 6.33. The maximum atomic E-state index is 13.8. The summed E-state index contributed by atoms with van der Waals surface area (Å²) in [5.41, 5.74) is 0.823. The molecule has 1 N–H and O–H groups in total. The van der Waals surface area contributed by atoms with Crippen molar-refractivity contribution in [2.75, 3.05) is 37.6 Å². The van der Waals surface area contributed by atoms with Crippen LogP contribution in [0.2, 0.25) is 0 Å². The summed E-state index contributed by atoms with van der Waals surface area (Å²) < 4.78 is 43.3. The number of rotatable bonds is 8. The molecule has 0 aromatic heterocycles. The Hall–Kier alpha value is -4.38. The van der Waals surface area contributed by atoms with E-state index in [1.165, 1.54) is 38.5 Å². The molecule has 1 aliphatic heterocycles. The number of fused-ring (bicyclic) bond motifs is 1. The average Bonchev–Trinajstić information content (AvgIpc) is 3.01. The van der Waals surface area contributed by atoms with Gasteiger partial charge < -0.3 is 24.4 Å². The average molecular weight is 553 g/mol. The number of nitrogens with zero attached hydrogens (tertiary/aromatic N) is 1.